The van der Waals surface area contributed by atoms with Gasteiger partial charge in [0.1, 0.15) is 0 Å². The minimum absolute atomic E-state index is 0.380. The number of hydrogen-bond acceptors (Lipinski definition) is 3. The summed E-state index contributed by atoms with van der Waals surface area (Å²) in [4.78, 5) is 7.67. The van der Waals surface area contributed by atoms with Gasteiger partial charge in [0, 0.05) is 25.5 Å². The third-order valence-corrected chi connectivity index (χ3v) is 3.39. The van der Waals surface area contributed by atoms with E-state index in [1.165, 1.54) is 4.88 Å². The van der Waals surface area contributed by atoms with Gasteiger partial charge in [-0.05, 0) is 25.5 Å². The molecule has 0 bridgehead atoms. The lowest BCUT2D eigenvalue weighted by Gasteiger charge is -2.24. The Morgan fingerprint density at radius 1 is 1.56 bits per heavy atom. The third-order valence-electron chi connectivity index (χ3n) is 2.42. The van der Waals surface area contributed by atoms with Crippen LogP contribution in [0.2, 0.25) is 0 Å². The maximum absolute atomic E-state index is 4.10. The fourth-order valence-corrected chi connectivity index (χ4v) is 2.41. The van der Waals surface area contributed by atoms with Crippen molar-refractivity contribution in [2.24, 2.45) is 4.99 Å². The highest BCUT2D eigenvalue weighted by atomic mass is 32.1. The number of nitrogens with zero attached hydrogens (tertiary/aromatic N) is 2. The van der Waals surface area contributed by atoms with Gasteiger partial charge >= 0.3 is 0 Å². The van der Waals surface area contributed by atoms with Crippen LogP contribution in [0.1, 0.15) is 10.9 Å². The fraction of sp³-hybridized carbons (Fsp3) is 0.545. The van der Waals surface area contributed by atoms with E-state index in [0.29, 0.717) is 6.04 Å². The Labute approximate surface area is 101 Å². The van der Waals surface area contributed by atoms with Gasteiger partial charge in [-0.2, -0.15) is 0 Å². The van der Waals surface area contributed by atoms with Crippen molar-refractivity contribution in [1.82, 2.24) is 15.5 Å². The average molecular weight is 240 g/mol. The lowest BCUT2D eigenvalue weighted by Crippen LogP contribution is -2.39. The molecular formula is C11H20N4S. The first-order chi connectivity index (χ1) is 7.69. The largest absolute Gasteiger partial charge is 0.359 e. The maximum atomic E-state index is 4.10. The Bertz CT molecular complexity index is 319. The molecule has 0 aromatic carbocycles. The van der Waals surface area contributed by atoms with Crippen LogP contribution in [0.3, 0.4) is 0 Å². The van der Waals surface area contributed by atoms with E-state index in [2.05, 4.69) is 52.1 Å². The van der Waals surface area contributed by atoms with Crippen LogP contribution in [-0.2, 0) is 0 Å². The second-order valence-electron chi connectivity index (χ2n) is 3.70. The van der Waals surface area contributed by atoms with Crippen LogP contribution < -0.4 is 10.6 Å². The summed E-state index contributed by atoms with van der Waals surface area (Å²) in [6.45, 7) is 0.848. The van der Waals surface area contributed by atoms with Crippen LogP contribution in [0.4, 0.5) is 0 Å². The average Bonchev–Trinajstić information content (AvgIpc) is 2.77. The molecule has 0 spiro atoms. The number of hydrogen-bond donors (Lipinski definition) is 2. The summed E-state index contributed by atoms with van der Waals surface area (Å²) in [5.41, 5.74) is 0. The molecule has 1 unspecified atom stereocenters. The van der Waals surface area contributed by atoms with E-state index < -0.39 is 0 Å². The summed E-state index contributed by atoms with van der Waals surface area (Å²) in [7, 11) is 7.82. The van der Waals surface area contributed by atoms with Crippen molar-refractivity contribution in [1.29, 1.82) is 0 Å². The highest BCUT2D eigenvalue weighted by molar-refractivity contribution is 7.10. The molecule has 16 heavy (non-hydrogen) atoms. The van der Waals surface area contributed by atoms with Gasteiger partial charge in [0.2, 0.25) is 0 Å². The summed E-state index contributed by atoms with van der Waals surface area (Å²) in [5, 5.41) is 8.42. The van der Waals surface area contributed by atoms with Crippen molar-refractivity contribution in [2.75, 3.05) is 34.7 Å². The van der Waals surface area contributed by atoms with Crippen molar-refractivity contribution in [3.8, 4) is 0 Å². The monoisotopic (exact) mass is 240 g/mol. The van der Waals surface area contributed by atoms with Crippen molar-refractivity contribution >= 4 is 17.3 Å². The highest BCUT2D eigenvalue weighted by Crippen LogP contribution is 2.22. The molecule has 0 aliphatic carbocycles. The standard InChI is InChI=1S/C11H20N4S/c1-12-11(13-2)14-8-9(15(3)4)10-6-5-7-16-10/h5-7,9H,8H2,1-4H3,(H2,12,13,14). The Morgan fingerprint density at radius 3 is 2.75 bits per heavy atom. The smallest absolute Gasteiger partial charge is 0.190 e. The molecule has 0 aliphatic rings. The number of aliphatic imine (C=N–C) groups is 1. The molecule has 0 saturated heterocycles. The van der Waals surface area contributed by atoms with Gasteiger partial charge in [-0.25, -0.2) is 0 Å². The van der Waals surface area contributed by atoms with Gasteiger partial charge in [-0.1, -0.05) is 6.07 Å². The van der Waals surface area contributed by atoms with Crippen LogP contribution in [-0.4, -0.2) is 45.6 Å². The van der Waals surface area contributed by atoms with Crippen LogP contribution in [0.25, 0.3) is 0 Å². The molecule has 90 valence electrons. The molecular weight excluding hydrogens is 220 g/mol. The third kappa shape index (κ3) is 3.50. The first-order valence-corrected chi connectivity index (χ1v) is 6.15. The summed E-state index contributed by atoms with van der Waals surface area (Å²) in [5.74, 6) is 0.823. The first-order valence-electron chi connectivity index (χ1n) is 5.27. The quantitative estimate of drug-likeness (QED) is 0.612. The number of rotatable bonds is 4. The van der Waals surface area contributed by atoms with E-state index in [1.807, 2.05) is 7.05 Å². The topological polar surface area (TPSA) is 39.7 Å². The van der Waals surface area contributed by atoms with Crippen LogP contribution >= 0.6 is 11.3 Å². The molecule has 1 heterocycles. The zero-order valence-electron chi connectivity index (χ0n) is 10.3. The molecule has 0 fully saturated rings. The minimum atomic E-state index is 0.380. The van der Waals surface area contributed by atoms with E-state index in [-0.39, 0.29) is 0 Å². The lowest BCUT2D eigenvalue weighted by atomic mass is 10.2. The van der Waals surface area contributed by atoms with Crippen molar-refractivity contribution in [3.63, 3.8) is 0 Å². The molecule has 1 rings (SSSR count). The number of thiophene rings is 1. The molecule has 0 saturated carbocycles. The summed E-state index contributed by atoms with van der Waals surface area (Å²) >= 11 is 1.78. The highest BCUT2D eigenvalue weighted by Gasteiger charge is 2.14. The van der Waals surface area contributed by atoms with E-state index in [1.54, 1.807) is 18.4 Å². The summed E-state index contributed by atoms with van der Waals surface area (Å²) in [6, 6.07) is 4.63. The van der Waals surface area contributed by atoms with Gasteiger partial charge < -0.3 is 15.5 Å². The predicted octanol–water partition coefficient (Wildman–Crippen LogP) is 1.15. The molecule has 0 radical (unpaired) electrons. The van der Waals surface area contributed by atoms with Crippen LogP contribution in [0, 0.1) is 0 Å². The second-order valence-corrected chi connectivity index (χ2v) is 4.68. The SMILES string of the molecule is CN=C(NC)NCC(c1cccs1)N(C)C. The number of nitrogens with one attached hydrogen (secondary N) is 2. The van der Waals surface area contributed by atoms with E-state index >= 15 is 0 Å². The number of likely N-dealkylation sites (N-methyl/N-ethyl adjacent to an activating group) is 1. The molecule has 4 nitrogen and oxygen atoms in total. The van der Waals surface area contributed by atoms with Gasteiger partial charge in [-0.15, -0.1) is 11.3 Å². The Balaban J connectivity index is 2.60. The Kier molecular flexibility index (Phi) is 5.28. The van der Waals surface area contributed by atoms with E-state index in [9.17, 15) is 0 Å². The van der Waals surface area contributed by atoms with Crippen molar-refractivity contribution in [2.45, 2.75) is 6.04 Å². The van der Waals surface area contributed by atoms with Gasteiger partial charge in [-0.3, -0.25) is 4.99 Å². The van der Waals surface area contributed by atoms with Crippen molar-refractivity contribution in [3.05, 3.63) is 22.4 Å². The lowest BCUT2D eigenvalue weighted by molar-refractivity contribution is 0.302. The first kappa shape index (κ1) is 13.0. The van der Waals surface area contributed by atoms with Gasteiger partial charge in [0.25, 0.3) is 0 Å². The van der Waals surface area contributed by atoms with E-state index in [0.717, 1.165) is 12.5 Å². The molecule has 1 aromatic heterocycles. The zero-order chi connectivity index (χ0) is 12.0. The zero-order valence-corrected chi connectivity index (χ0v) is 11.1. The minimum Gasteiger partial charge on any atom is -0.359 e. The Morgan fingerprint density at radius 2 is 2.31 bits per heavy atom. The molecule has 0 aliphatic heterocycles. The molecule has 0 amide bonds. The van der Waals surface area contributed by atoms with Gasteiger partial charge in [0.15, 0.2) is 5.96 Å². The van der Waals surface area contributed by atoms with Gasteiger partial charge in [0.05, 0.1) is 6.04 Å². The normalized spacial score (nSPS) is 13.9. The molecule has 1 aromatic rings. The summed E-state index contributed by atoms with van der Waals surface area (Å²) < 4.78 is 0. The maximum Gasteiger partial charge on any atom is 0.190 e. The summed E-state index contributed by atoms with van der Waals surface area (Å²) in [6.07, 6.45) is 0. The van der Waals surface area contributed by atoms with E-state index in [4.69, 9.17) is 0 Å². The van der Waals surface area contributed by atoms with Crippen molar-refractivity contribution < 1.29 is 0 Å². The Hall–Kier alpha value is -1.07. The van der Waals surface area contributed by atoms with Crippen LogP contribution in [0.15, 0.2) is 22.5 Å². The molecule has 2 N–H and O–H groups in total. The molecule has 1 atom stereocenters. The number of guanidine groups is 1. The predicted molar refractivity (Wildman–Crippen MR) is 71.2 cm³/mol. The fourth-order valence-electron chi connectivity index (χ4n) is 1.49. The van der Waals surface area contributed by atoms with Crippen LogP contribution in [0.5, 0.6) is 0 Å². The second kappa shape index (κ2) is 6.50. The molecule has 5 heteroatoms.